The molecular weight excluding hydrogens is 312 g/mol. The summed E-state index contributed by atoms with van der Waals surface area (Å²) >= 11 is 0. The first kappa shape index (κ1) is 16.3. The van der Waals surface area contributed by atoms with Crippen molar-refractivity contribution in [1.29, 1.82) is 0 Å². The van der Waals surface area contributed by atoms with Crippen LogP contribution in [0.1, 0.15) is 5.56 Å². The summed E-state index contributed by atoms with van der Waals surface area (Å²) in [5, 5.41) is 2.78. The molecule has 4 heteroatoms. The van der Waals surface area contributed by atoms with Crippen molar-refractivity contribution in [3.05, 3.63) is 78.6 Å². The molecule has 0 saturated heterocycles. The molecule has 2 aromatic carbocycles. The Labute approximate surface area is 146 Å². The average molecular weight is 328 g/mol. The summed E-state index contributed by atoms with van der Waals surface area (Å²) in [5.74, 6) is 5.52. The predicted molar refractivity (Wildman–Crippen MR) is 98.2 cm³/mol. The van der Waals surface area contributed by atoms with Gasteiger partial charge in [0.05, 0.1) is 12.8 Å². The van der Waals surface area contributed by atoms with E-state index in [1.54, 1.807) is 31.6 Å². The van der Waals surface area contributed by atoms with Crippen molar-refractivity contribution in [3.63, 3.8) is 0 Å². The van der Waals surface area contributed by atoms with Crippen LogP contribution in [0.25, 0.3) is 11.1 Å². The second-order valence-electron chi connectivity index (χ2n) is 5.23. The topological polar surface area (TPSA) is 51.2 Å². The number of nitrogens with zero attached hydrogens (tertiary/aromatic N) is 1. The van der Waals surface area contributed by atoms with Gasteiger partial charge in [0.1, 0.15) is 5.75 Å². The molecule has 1 amide bonds. The largest absolute Gasteiger partial charge is 0.495 e. The highest BCUT2D eigenvalue weighted by Crippen LogP contribution is 2.30. The van der Waals surface area contributed by atoms with E-state index in [1.807, 2.05) is 48.5 Å². The van der Waals surface area contributed by atoms with Crippen molar-refractivity contribution < 1.29 is 9.53 Å². The number of carbonyl (C=O) groups is 1. The Hall–Kier alpha value is -3.58. The summed E-state index contributed by atoms with van der Waals surface area (Å²) in [6, 6.07) is 19.1. The molecule has 25 heavy (non-hydrogen) atoms. The Bertz CT molecular complexity index is 926. The first-order chi connectivity index (χ1) is 12.3. The zero-order chi connectivity index (χ0) is 17.5. The lowest BCUT2D eigenvalue weighted by atomic mass is 10.0. The molecule has 0 aliphatic heterocycles. The molecule has 0 aliphatic rings. The fourth-order valence-corrected chi connectivity index (χ4v) is 2.34. The number of anilines is 1. The molecule has 4 nitrogen and oxygen atoms in total. The number of hydrogen-bond donors (Lipinski definition) is 1. The van der Waals surface area contributed by atoms with E-state index in [0.29, 0.717) is 17.0 Å². The molecule has 3 aromatic rings. The van der Waals surface area contributed by atoms with Crippen LogP contribution < -0.4 is 10.1 Å². The maximum atomic E-state index is 12.1. The Balaban J connectivity index is 1.83. The van der Waals surface area contributed by atoms with Crippen LogP contribution >= 0.6 is 0 Å². The number of pyridine rings is 1. The highest BCUT2D eigenvalue weighted by Gasteiger charge is 2.08. The van der Waals surface area contributed by atoms with Crippen LogP contribution in [-0.2, 0) is 4.79 Å². The number of methoxy groups -OCH3 is 1. The summed E-state index contributed by atoms with van der Waals surface area (Å²) in [5.41, 5.74) is 3.30. The van der Waals surface area contributed by atoms with E-state index in [-0.39, 0.29) is 0 Å². The second-order valence-corrected chi connectivity index (χ2v) is 5.23. The summed E-state index contributed by atoms with van der Waals surface area (Å²) in [6.45, 7) is 0. The molecule has 0 aliphatic carbocycles. The van der Waals surface area contributed by atoms with Gasteiger partial charge in [0.15, 0.2) is 0 Å². The lowest BCUT2D eigenvalue weighted by Gasteiger charge is -2.11. The van der Waals surface area contributed by atoms with Gasteiger partial charge in [0.25, 0.3) is 0 Å². The predicted octanol–water partition coefficient (Wildman–Crippen LogP) is 3.75. The number of aromatic nitrogens is 1. The van der Waals surface area contributed by atoms with Crippen molar-refractivity contribution in [2.24, 2.45) is 0 Å². The van der Waals surface area contributed by atoms with Crippen molar-refractivity contribution in [2.75, 3.05) is 12.4 Å². The Morgan fingerprint density at radius 3 is 2.60 bits per heavy atom. The quantitative estimate of drug-likeness (QED) is 0.745. The van der Waals surface area contributed by atoms with E-state index in [2.05, 4.69) is 22.1 Å². The summed E-state index contributed by atoms with van der Waals surface area (Å²) in [4.78, 5) is 16.1. The van der Waals surface area contributed by atoms with Crippen molar-refractivity contribution in [1.82, 2.24) is 4.98 Å². The van der Waals surface area contributed by atoms with Gasteiger partial charge >= 0.3 is 5.91 Å². The minimum Gasteiger partial charge on any atom is -0.495 e. The summed E-state index contributed by atoms with van der Waals surface area (Å²) < 4.78 is 5.33. The highest BCUT2D eigenvalue weighted by atomic mass is 16.5. The Kier molecular flexibility index (Phi) is 5.08. The molecule has 3 rings (SSSR count). The first-order valence-electron chi connectivity index (χ1n) is 7.73. The van der Waals surface area contributed by atoms with Gasteiger partial charge in [-0.3, -0.25) is 9.78 Å². The fraction of sp³-hybridized carbons (Fsp3) is 0.0476. The average Bonchev–Trinajstić information content (AvgIpc) is 2.68. The van der Waals surface area contributed by atoms with Gasteiger partial charge in [-0.15, -0.1) is 0 Å². The van der Waals surface area contributed by atoms with Gasteiger partial charge in [-0.1, -0.05) is 42.3 Å². The SMILES string of the molecule is COc1ccc(-c2ccccc2)cc1NC(=O)C#Cc1cccnc1. The van der Waals surface area contributed by atoms with Crippen LogP contribution in [0.2, 0.25) is 0 Å². The number of carbonyl (C=O) groups excluding carboxylic acids is 1. The Morgan fingerprint density at radius 1 is 1.04 bits per heavy atom. The van der Waals surface area contributed by atoms with E-state index >= 15 is 0 Å². The van der Waals surface area contributed by atoms with Crippen LogP contribution in [-0.4, -0.2) is 18.0 Å². The fourth-order valence-electron chi connectivity index (χ4n) is 2.34. The molecule has 0 bridgehead atoms. The monoisotopic (exact) mass is 328 g/mol. The molecule has 1 heterocycles. The molecule has 0 atom stereocenters. The smallest absolute Gasteiger partial charge is 0.300 e. The minimum absolute atomic E-state index is 0.410. The van der Waals surface area contributed by atoms with E-state index in [1.165, 1.54) is 0 Å². The normalized spacial score (nSPS) is 9.64. The standard InChI is InChI=1S/C21H16N2O2/c1-25-20-11-10-18(17-7-3-2-4-8-17)14-19(20)23-21(24)12-9-16-6-5-13-22-15-16/h2-8,10-11,13-15H,1H3,(H,23,24). The molecule has 0 unspecified atom stereocenters. The third kappa shape index (κ3) is 4.24. The first-order valence-corrected chi connectivity index (χ1v) is 7.73. The molecule has 1 aromatic heterocycles. The number of ether oxygens (including phenoxy) is 1. The van der Waals surface area contributed by atoms with E-state index in [9.17, 15) is 4.79 Å². The molecule has 0 saturated carbocycles. The van der Waals surface area contributed by atoms with Crippen molar-refractivity contribution in [3.8, 4) is 28.7 Å². The van der Waals surface area contributed by atoms with Gasteiger partial charge in [0, 0.05) is 23.9 Å². The van der Waals surface area contributed by atoms with E-state index in [0.717, 1.165) is 11.1 Å². The number of hydrogen-bond acceptors (Lipinski definition) is 3. The molecule has 0 radical (unpaired) electrons. The maximum absolute atomic E-state index is 12.1. The van der Waals surface area contributed by atoms with Crippen molar-refractivity contribution in [2.45, 2.75) is 0 Å². The van der Waals surface area contributed by atoms with Gasteiger partial charge in [-0.05, 0) is 35.4 Å². The van der Waals surface area contributed by atoms with Crippen LogP contribution in [0.4, 0.5) is 5.69 Å². The van der Waals surface area contributed by atoms with Gasteiger partial charge in [-0.25, -0.2) is 0 Å². The van der Waals surface area contributed by atoms with Crippen LogP contribution in [0.15, 0.2) is 73.1 Å². The zero-order valence-electron chi connectivity index (χ0n) is 13.7. The van der Waals surface area contributed by atoms with Crippen LogP contribution in [0.5, 0.6) is 5.75 Å². The minimum atomic E-state index is -0.410. The summed E-state index contributed by atoms with van der Waals surface area (Å²) in [6.07, 6.45) is 3.27. The zero-order valence-corrected chi connectivity index (χ0v) is 13.7. The molecule has 0 fully saturated rings. The number of benzene rings is 2. The van der Waals surface area contributed by atoms with Gasteiger partial charge in [-0.2, -0.15) is 0 Å². The lowest BCUT2D eigenvalue weighted by Crippen LogP contribution is -2.09. The maximum Gasteiger partial charge on any atom is 0.300 e. The van der Waals surface area contributed by atoms with Crippen LogP contribution in [0.3, 0.4) is 0 Å². The van der Waals surface area contributed by atoms with E-state index in [4.69, 9.17) is 4.74 Å². The van der Waals surface area contributed by atoms with Gasteiger partial charge in [0.2, 0.25) is 0 Å². The third-order valence-electron chi connectivity index (χ3n) is 3.54. The molecule has 122 valence electrons. The molecule has 1 N–H and O–H groups in total. The summed E-state index contributed by atoms with van der Waals surface area (Å²) in [7, 11) is 1.56. The van der Waals surface area contributed by atoms with Crippen LogP contribution in [0, 0.1) is 11.8 Å². The van der Waals surface area contributed by atoms with Crippen molar-refractivity contribution >= 4 is 11.6 Å². The second kappa shape index (κ2) is 7.80. The highest BCUT2D eigenvalue weighted by molar-refractivity contribution is 6.05. The lowest BCUT2D eigenvalue weighted by molar-refractivity contribution is -0.111. The Morgan fingerprint density at radius 2 is 1.88 bits per heavy atom. The number of rotatable bonds is 3. The molecular formula is C21H16N2O2. The number of nitrogens with one attached hydrogen (secondary N) is 1. The third-order valence-corrected chi connectivity index (χ3v) is 3.54. The van der Waals surface area contributed by atoms with E-state index < -0.39 is 5.91 Å². The number of amides is 1. The van der Waals surface area contributed by atoms with Gasteiger partial charge < -0.3 is 10.1 Å². The molecule has 0 spiro atoms.